The molecule has 0 aromatic heterocycles. The smallest absolute Gasteiger partial charge is 0.213 e. The Bertz CT molecular complexity index is 430. The van der Waals surface area contributed by atoms with Crippen LogP contribution in [0.4, 0.5) is 0 Å². The lowest BCUT2D eigenvalue weighted by atomic mass is 10.1. The van der Waals surface area contributed by atoms with Crippen molar-refractivity contribution in [2.24, 2.45) is 0 Å². The molecule has 1 aromatic carbocycles. The average molecular weight is 270 g/mol. The van der Waals surface area contributed by atoms with Crippen LogP contribution < -0.4 is 10.0 Å². The monoisotopic (exact) mass is 270 g/mol. The molecule has 0 fully saturated rings. The first-order chi connectivity index (χ1) is 8.49. The molecule has 1 rings (SSSR count). The first-order valence-corrected chi connectivity index (χ1v) is 7.89. The second-order valence-electron chi connectivity index (χ2n) is 4.58. The molecule has 0 unspecified atom stereocenters. The zero-order valence-corrected chi connectivity index (χ0v) is 11.8. The summed E-state index contributed by atoms with van der Waals surface area (Å²) in [5, 5.41) is 3.14. The SMILES string of the molecule is CC(C)NS(=O)(=O)CCNCCc1ccccc1. The van der Waals surface area contributed by atoms with E-state index in [1.54, 1.807) is 0 Å². The number of sulfonamides is 1. The Kier molecular flexibility index (Phi) is 6.32. The van der Waals surface area contributed by atoms with Crippen LogP contribution in [0, 0.1) is 0 Å². The van der Waals surface area contributed by atoms with Crippen molar-refractivity contribution in [3.05, 3.63) is 35.9 Å². The van der Waals surface area contributed by atoms with Crippen molar-refractivity contribution in [1.29, 1.82) is 0 Å². The molecule has 4 nitrogen and oxygen atoms in total. The molecule has 0 spiro atoms. The van der Waals surface area contributed by atoms with Crippen LogP contribution in [0.1, 0.15) is 19.4 Å². The standard InChI is InChI=1S/C13H22N2O2S/c1-12(2)15-18(16,17)11-10-14-9-8-13-6-4-3-5-7-13/h3-7,12,14-15H,8-11H2,1-2H3. The molecule has 0 saturated carbocycles. The minimum Gasteiger partial charge on any atom is -0.315 e. The van der Waals surface area contributed by atoms with Crippen molar-refractivity contribution in [3.8, 4) is 0 Å². The van der Waals surface area contributed by atoms with Crippen molar-refractivity contribution in [1.82, 2.24) is 10.0 Å². The van der Waals surface area contributed by atoms with E-state index in [2.05, 4.69) is 22.2 Å². The zero-order valence-electron chi connectivity index (χ0n) is 11.0. The van der Waals surface area contributed by atoms with Gasteiger partial charge in [-0.15, -0.1) is 0 Å². The molecule has 0 heterocycles. The minimum absolute atomic E-state index is 0.0423. The van der Waals surface area contributed by atoms with Gasteiger partial charge in [0.25, 0.3) is 0 Å². The summed E-state index contributed by atoms with van der Waals surface area (Å²) in [7, 11) is -3.14. The second kappa shape index (κ2) is 7.51. The van der Waals surface area contributed by atoms with Gasteiger partial charge in [-0.05, 0) is 32.4 Å². The summed E-state index contributed by atoms with van der Waals surface area (Å²) in [6.45, 7) is 4.91. The van der Waals surface area contributed by atoms with Crippen molar-refractivity contribution >= 4 is 10.0 Å². The topological polar surface area (TPSA) is 58.2 Å². The van der Waals surface area contributed by atoms with Crippen molar-refractivity contribution in [2.75, 3.05) is 18.8 Å². The molecule has 0 amide bonds. The number of nitrogens with one attached hydrogen (secondary N) is 2. The molecule has 0 radical (unpaired) electrons. The highest BCUT2D eigenvalue weighted by Gasteiger charge is 2.10. The lowest BCUT2D eigenvalue weighted by Crippen LogP contribution is -2.36. The number of hydrogen-bond donors (Lipinski definition) is 2. The summed E-state index contributed by atoms with van der Waals surface area (Å²) in [4.78, 5) is 0. The van der Waals surface area contributed by atoms with Crippen LogP contribution in [-0.4, -0.2) is 33.3 Å². The molecule has 5 heteroatoms. The molecule has 1 aromatic rings. The van der Waals surface area contributed by atoms with Gasteiger partial charge in [0.2, 0.25) is 10.0 Å². The summed E-state index contributed by atoms with van der Waals surface area (Å²) < 4.78 is 25.6. The highest BCUT2D eigenvalue weighted by molar-refractivity contribution is 7.89. The van der Waals surface area contributed by atoms with E-state index in [1.807, 2.05) is 32.0 Å². The van der Waals surface area contributed by atoms with E-state index in [4.69, 9.17) is 0 Å². The van der Waals surface area contributed by atoms with Crippen molar-refractivity contribution in [3.63, 3.8) is 0 Å². The van der Waals surface area contributed by atoms with Gasteiger partial charge in [0.1, 0.15) is 0 Å². The van der Waals surface area contributed by atoms with Gasteiger partial charge in [0, 0.05) is 12.6 Å². The van der Waals surface area contributed by atoms with Gasteiger partial charge in [-0.3, -0.25) is 0 Å². The van der Waals surface area contributed by atoms with Gasteiger partial charge < -0.3 is 5.32 Å². The molecule has 0 atom stereocenters. The number of hydrogen-bond acceptors (Lipinski definition) is 3. The molecule has 0 aliphatic rings. The maximum atomic E-state index is 11.5. The first-order valence-electron chi connectivity index (χ1n) is 6.24. The van der Waals surface area contributed by atoms with Crippen molar-refractivity contribution in [2.45, 2.75) is 26.3 Å². The van der Waals surface area contributed by atoms with Gasteiger partial charge in [-0.25, -0.2) is 13.1 Å². The van der Waals surface area contributed by atoms with Gasteiger partial charge in [0.15, 0.2) is 0 Å². The average Bonchev–Trinajstić information content (AvgIpc) is 2.28. The third kappa shape index (κ3) is 6.74. The summed E-state index contributed by atoms with van der Waals surface area (Å²) in [5.41, 5.74) is 1.26. The molecule has 0 aliphatic heterocycles. The molecule has 2 N–H and O–H groups in total. The summed E-state index contributed by atoms with van der Waals surface area (Å²) >= 11 is 0. The third-order valence-corrected chi connectivity index (χ3v) is 3.97. The van der Waals surface area contributed by atoms with Gasteiger partial charge in [-0.2, -0.15) is 0 Å². The van der Waals surface area contributed by atoms with E-state index in [-0.39, 0.29) is 11.8 Å². The van der Waals surface area contributed by atoms with E-state index < -0.39 is 10.0 Å². The predicted octanol–water partition coefficient (Wildman–Crippen LogP) is 1.15. The largest absolute Gasteiger partial charge is 0.315 e. The van der Waals surface area contributed by atoms with Gasteiger partial charge in [0.05, 0.1) is 5.75 Å². The van der Waals surface area contributed by atoms with Crippen LogP contribution in [0.5, 0.6) is 0 Å². The molecular formula is C13H22N2O2S. The van der Waals surface area contributed by atoms with Gasteiger partial charge >= 0.3 is 0 Å². The molecular weight excluding hydrogens is 248 g/mol. The maximum absolute atomic E-state index is 11.5. The number of rotatable bonds is 8. The molecule has 18 heavy (non-hydrogen) atoms. The van der Waals surface area contributed by atoms with E-state index >= 15 is 0 Å². The minimum atomic E-state index is -3.14. The summed E-state index contributed by atoms with van der Waals surface area (Å²) in [5.74, 6) is 0.125. The Morgan fingerprint density at radius 1 is 1.11 bits per heavy atom. The quantitative estimate of drug-likeness (QED) is 0.697. The Hall–Kier alpha value is -0.910. The molecule has 0 saturated heterocycles. The lowest BCUT2D eigenvalue weighted by Gasteiger charge is -2.10. The molecule has 0 bridgehead atoms. The maximum Gasteiger partial charge on any atom is 0.213 e. The highest BCUT2D eigenvalue weighted by Crippen LogP contribution is 1.98. The van der Waals surface area contributed by atoms with Gasteiger partial charge in [-0.1, -0.05) is 30.3 Å². The Labute approximate surface area is 110 Å². The fourth-order valence-corrected chi connectivity index (χ4v) is 2.88. The Morgan fingerprint density at radius 2 is 1.78 bits per heavy atom. The predicted molar refractivity (Wildman–Crippen MR) is 75.1 cm³/mol. The first kappa shape index (κ1) is 15.1. The van der Waals surface area contributed by atoms with E-state index in [1.165, 1.54) is 5.56 Å². The van der Waals surface area contributed by atoms with Crippen LogP contribution in [0.15, 0.2) is 30.3 Å². The normalized spacial score (nSPS) is 11.9. The zero-order chi connectivity index (χ0) is 13.4. The van der Waals surface area contributed by atoms with E-state index in [0.29, 0.717) is 6.54 Å². The van der Waals surface area contributed by atoms with Crippen LogP contribution in [-0.2, 0) is 16.4 Å². The molecule has 102 valence electrons. The van der Waals surface area contributed by atoms with E-state index in [9.17, 15) is 8.42 Å². The Balaban J connectivity index is 2.16. The van der Waals surface area contributed by atoms with Crippen LogP contribution >= 0.6 is 0 Å². The number of benzene rings is 1. The Morgan fingerprint density at radius 3 is 2.39 bits per heavy atom. The summed E-state index contributed by atoms with van der Waals surface area (Å²) in [6, 6.07) is 10.1. The van der Waals surface area contributed by atoms with Crippen LogP contribution in [0.3, 0.4) is 0 Å². The van der Waals surface area contributed by atoms with Crippen molar-refractivity contribution < 1.29 is 8.42 Å². The van der Waals surface area contributed by atoms with Crippen LogP contribution in [0.2, 0.25) is 0 Å². The van der Waals surface area contributed by atoms with Crippen LogP contribution in [0.25, 0.3) is 0 Å². The molecule has 0 aliphatic carbocycles. The lowest BCUT2D eigenvalue weighted by molar-refractivity contribution is 0.565. The second-order valence-corrected chi connectivity index (χ2v) is 6.45. The fraction of sp³-hybridized carbons (Fsp3) is 0.538. The summed E-state index contributed by atoms with van der Waals surface area (Å²) in [6.07, 6.45) is 0.915. The van der Waals surface area contributed by atoms with E-state index in [0.717, 1.165) is 13.0 Å². The fourth-order valence-electron chi connectivity index (χ4n) is 1.63. The third-order valence-electron chi connectivity index (χ3n) is 2.40. The highest BCUT2D eigenvalue weighted by atomic mass is 32.2.